The normalized spacial score (nSPS) is 17.1. The monoisotopic (exact) mass is 306 g/mol. The molecule has 0 radical (unpaired) electrons. The number of carbonyl (C=O) groups is 1. The summed E-state index contributed by atoms with van der Waals surface area (Å²) in [5.41, 5.74) is 0.761. The number of hydrogen-bond donors (Lipinski definition) is 2. The number of nitrogens with one attached hydrogen (secondary N) is 2. The highest BCUT2D eigenvalue weighted by Gasteiger charge is 2.21. The van der Waals surface area contributed by atoms with Crippen molar-refractivity contribution in [3.63, 3.8) is 0 Å². The van der Waals surface area contributed by atoms with Crippen LogP contribution in [0.25, 0.3) is 0 Å². The predicted octanol–water partition coefficient (Wildman–Crippen LogP) is 1.14. The molecular formula is C13H15ClN6O. The number of aryl methyl sites for hydroxylation is 1. The first-order chi connectivity index (χ1) is 10.2. The number of nitrogens with zero attached hydrogens (tertiary/aromatic N) is 4. The lowest BCUT2D eigenvalue weighted by atomic mass is 10.1. The maximum Gasteiger partial charge on any atom is 0.315 e. The van der Waals surface area contributed by atoms with E-state index in [2.05, 4.69) is 25.7 Å². The van der Waals surface area contributed by atoms with Crippen LogP contribution in [0.4, 0.5) is 4.79 Å². The molecule has 1 aliphatic heterocycles. The van der Waals surface area contributed by atoms with Crippen LogP contribution in [0, 0.1) is 0 Å². The molecule has 0 bridgehead atoms. The van der Waals surface area contributed by atoms with Crippen LogP contribution in [0.2, 0.25) is 5.02 Å². The Morgan fingerprint density at radius 2 is 2.33 bits per heavy atom. The van der Waals surface area contributed by atoms with Gasteiger partial charge in [-0.1, -0.05) is 11.6 Å². The third-order valence-corrected chi connectivity index (χ3v) is 3.58. The van der Waals surface area contributed by atoms with Crippen LogP contribution >= 0.6 is 11.6 Å². The van der Waals surface area contributed by atoms with Crippen molar-refractivity contribution in [1.29, 1.82) is 0 Å². The molecule has 1 aliphatic rings. The third-order valence-electron chi connectivity index (χ3n) is 3.36. The van der Waals surface area contributed by atoms with Crippen molar-refractivity contribution < 1.29 is 4.79 Å². The molecule has 110 valence electrons. The largest absolute Gasteiger partial charge is 0.334 e. The Bertz CT molecular complexity index is 626. The van der Waals surface area contributed by atoms with E-state index in [4.69, 9.17) is 11.6 Å². The van der Waals surface area contributed by atoms with Crippen molar-refractivity contribution in [3.8, 4) is 0 Å². The van der Waals surface area contributed by atoms with Gasteiger partial charge < -0.3 is 10.6 Å². The zero-order valence-electron chi connectivity index (χ0n) is 11.3. The highest BCUT2D eigenvalue weighted by molar-refractivity contribution is 6.30. The van der Waals surface area contributed by atoms with Crippen molar-refractivity contribution in [2.75, 3.05) is 0 Å². The first-order valence-electron chi connectivity index (χ1n) is 6.72. The lowest BCUT2D eigenvalue weighted by molar-refractivity contribution is 0.231. The molecule has 3 rings (SSSR count). The molecule has 0 saturated carbocycles. The molecular weight excluding hydrogens is 292 g/mol. The van der Waals surface area contributed by atoms with Crippen molar-refractivity contribution in [2.45, 2.75) is 32.0 Å². The summed E-state index contributed by atoms with van der Waals surface area (Å²) in [6, 6.07) is 3.39. The van der Waals surface area contributed by atoms with Gasteiger partial charge in [-0.2, -0.15) is 5.10 Å². The van der Waals surface area contributed by atoms with E-state index in [9.17, 15) is 4.79 Å². The van der Waals surface area contributed by atoms with E-state index >= 15 is 0 Å². The third kappa shape index (κ3) is 3.49. The highest BCUT2D eigenvalue weighted by atomic mass is 35.5. The number of halogens is 1. The van der Waals surface area contributed by atoms with Gasteiger partial charge in [0.1, 0.15) is 12.2 Å². The molecule has 2 aromatic heterocycles. The maximum absolute atomic E-state index is 11.9. The summed E-state index contributed by atoms with van der Waals surface area (Å²) >= 11 is 5.76. The summed E-state index contributed by atoms with van der Waals surface area (Å²) in [5, 5.41) is 10.4. The number of pyridine rings is 1. The number of hydrogen-bond acceptors (Lipinski definition) is 4. The van der Waals surface area contributed by atoms with Gasteiger partial charge >= 0.3 is 6.03 Å². The fourth-order valence-electron chi connectivity index (χ4n) is 2.27. The average Bonchev–Trinajstić information content (AvgIpc) is 2.94. The van der Waals surface area contributed by atoms with Crippen molar-refractivity contribution >= 4 is 17.6 Å². The highest BCUT2D eigenvalue weighted by Crippen LogP contribution is 2.11. The maximum atomic E-state index is 11.9. The first-order valence-corrected chi connectivity index (χ1v) is 7.10. The quantitative estimate of drug-likeness (QED) is 0.890. The number of fused-ring (bicyclic) bond motifs is 1. The van der Waals surface area contributed by atoms with E-state index in [1.54, 1.807) is 24.7 Å². The van der Waals surface area contributed by atoms with Crippen LogP contribution in [-0.2, 0) is 19.5 Å². The van der Waals surface area contributed by atoms with Gasteiger partial charge in [0.05, 0.1) is 29.8 Å². The number of amides is 2. The Labute approximate surface area is 126 Å². The smallest absolute Gasteiger partial charge is 0.315 e. The van der Waals surface area contributed by atoms with Gasteiger partial charge in [-0.3, -0.25) is 4.98 Å². The molecule has 0 aromatic carbocycles. The number of rotatable bonds is 3. The van der Waals surface area contributed by atoms with Gasteiger partial charge in [0, 0.05) is 12.6 Å². The summed E-state index contributed by atoms with van der Waals surface area (Å²) in [6.07, 6.45) is 4.79. The van der Waals surface area contributed by atoms with Gasteiger partial charge in [-0.05, 0) is 18.6 Å². The zero-order valence-corrected chi connectivity index (χ0v) is 12.0. The summed E-state index contributed by atoms with van der Waals surface area (Å²) in [5.74, 6) is 0.971. The van der Waals surface area contributed by atoms with Crippen LogP contribution < -0.4 is 10.6 Å². The van der Waals surface area contributed by atoms with E-state index in [1.165, 1.54) is 0 Å². The molecule has 1 atom stereocenters. The minimum Gasteiger partial charge on any atom is -0.334 e. The lowest BCUT2D eigenvalue weighted by Crippen LogP contribution is -2.45. The molecule has 8 heteroatoms. The van der Waals surface area contributed by atoms with Crippen molar-refractivity contribution in [2.24, 2.45) is 0 Å². The Balaban J connectivity index is 1.47. The lowest BCUT2D eigenvalue weighted by Gasteiger charge is -2.23. The van der Waals surface area contributed by atoms with Gasteiger partial charge in [0.15, 0.2) is 0 Å². The van der Waals surface area contributed by atoms with Crippen LogP contribution in [0.1, 0.15) is 17.9 Å². The fraction of sp³-hybridized carbons (Fsp3) is 0.385. The van der Waals surface area contributed by atoms with Gasteiger partial charge in [0.2, 0.25) is 0 Å². The standard InChI is InChI=1S/C13H15ClN6O/c14-9-1-2-10(15-5-9)6-16-13(21)19-11-3-4-12-17-8-18-20(12)7-11/h1-2,5,8,11H,3-4,6-7H2,(H2,16,19,21). The zero-order chi connectivity index (χ0) is 14.7. The van der Waals surface area contributed by atoms with Gasteiger partial charge in [-0.25, -0.2) is 14.5 Å². The fourth-order valence-corrected chi connectivity index (χ4v) is 2.39. The topological polar surface area (TPSA) is 84.7 Å². The second kappa shape index (κ2) is 6.09. The Hall–Kier alpha value is -2.15. The number of aromatic nitrogens is 4. The SMILES string of the molecule is O=C(NCc1ccc(Cl)cn1)NC1CCc2ncnn2C1. The van der Waals surface area contributed by atoms with Crippen molar-refractivity contribution in [3.05, 3.63) is 41.2 Å². The molecule has 3 heterocycles. The van der Waals surface area contributed by atoms with Crippen LogP contribution in [0.3, 0.4) is 0 Å². The first kappa shape index (κ1) is 13.8. The van der Waals surface area contributed by atoms with Gasteiger partial charge in [-0.15, -0.1) is 0 Å². The molecule has 0 spiro atoms. The van der Waals surface area contributed by atoms with E-state index in [1.807, 2.05) is 4.68 Å². The van der Waals surface area contributed by atoms with Crippen LogP contribution in [0.5, 0.6) is 0 Å². The predicted molar refractivity (Wildman–Crippen MR) is 76.7 cm³/mol. The summed E-state index contributed by atoms with van der Waals surface area (Å²) in [7, 11) is 0. The van der Waals surface area contributed by atoms with Gasteiger partial charge in [0.25, 0.3) is 0 Å². The number of carbonyl (C=O) groups excluding carboxylic acids is 1. The molecule has 0 aliphatic carbocycles. The Morgan fingerprint density at radius 3 is 3.14 bits per heavy atom. The van der Waals surface area contributed by atoms with Crippen LogP contribution in [0.15, 0.2) is 24.7 Å². The molecule has 2 N–H and O–H groups in total. The molecule has 1 unspecified atom stereocenters. The minimum atomic E-state index is -0.208. The van der Waals surface area contributed by atoms with Crippen molar-refractivity contribution in [1.82, 2.24) is 30.4 Å². The molecule has 0 fully saturated rings. The molecule has 2 aromatic rings. The van der Waals surface area contributed by atoms with Crippen LogP contribution in [-0.4, -0.2) is 31.8 Å². The van der Waals surface area contributed by atoms with E-state index < -0.39 is 0 Å². The minimum absolute atomic E-state index is 0.0670. The Morgan fingerprint density at radius 1 is 1.43 bits per heavy atom. The summed E-state index contributed by atoms with van der Waals surface area (Å²) in [6.45, 7) is 1.02. The molecule has 7 nitrogen and oxygen atoms in total. The second-order valence-corrected chi connectivity index (χ2v) is 5.33. The Kier molecular flexibility index (Phi) is 4.01. The molecule has 21 heavy (non-hydrogen) atoms. The summed E-state index contributed by atoms with van der Waals surface area (Å²) < 4.78 is 1.83. The van der Waals surface area contributed by atoms with E-state index in [-0.39, 0.29) is 12.1 Å². The van der Waals surface area contributed by atoms with E-state index in [0.29, 0.717) is 18.1 Å². The molecule has 2 amide bonds. The van der Waals surface area contributed by atoms with E-state index in [0.717, 1.165) is 24.4 Å². The molecule has 0 saturated heterocycles. The second-order valence-electron chi connectivity index (χ2n) is 4.89. The average molecular weight is 307 g/mol. The summed E-state index contributed by atoms with van der Waals surface area (Å²) in [4.78, 5) is 20.2. The number of urea groups is 1.